The van der Waals surface area contributed by atoms with E-state index in [-0.39, 0.29) is 5.92 Å². The van der Waals surface area contributed by atoms with Crippen LogP contribution in [0, 0.1) is 35.0 Å². The standard InChI is InChI=1S/C15H18F5N/c1-2-6-21-9(7-8-4-3-5-8)10-11(16)13(18)15(20)14(19)12(10)17/h8-9,21H,2-7H2,1H3. The smallest absolute Gasteiger partial charge is 0.200 e. The molecule has 1 aliphatic rings. The molecule has 1 fully saturated rings. The lowest BCUT2D eigenvalue weighted by atomic mass is 9.79. The maximum absolute atomic E-state index is 13.9. The molecule has 1 N–H and O–H groups in total. The van der Waals surface area contributed by atoms with Crippen molar-refractivity contribution in [3.63, 3.8) is 0 Å². The molecule has 1 aliphatic carbocycles. The van der Waals surface area contributed by atoms with Crippen molar-refractivity contribution in [2.45, 2.75) is 45.1 Å². The van der Waals surface area contributed by atoms with Crippen LogP contribution in [0.15, 0.2) is 0 Å². The Bertz CT molecular complexity index is 484. The third kappa shape index (κ3) is 3.20. The predicted molar refractivity (Wildman–Crippen MR) is 69.2 cm³/mol. The Morgan fingerprint density at radius 1 is 0.952 bits per heavy atom. The van der Waals surface area contributed by atoms with Gasteiger partial charge in [-0.15, -0.1) is 0 Å². The van der Waals surface area contributed by atoms with Gasteiger partial charge in [0.15, 0.2) is 23.3 Å². The third-order valence-electron chi connectivity index (χ3n) is 4.03. The van der Waals surface area contributed by atoms with E-state index in [9.17, 15) is 22.0 Å². The zero-order valence-electron chi connectivity index (χ0n) is 11.8. The van der Waals surface area contributed by atoms with E-state index in [1.54, 1.807) is 0 Å². The van der Waals surface area contributed by atoms with Crippen molar-refractivity contribution in [3.8, 4) is 0 Å². The zero-order valence-corrected chi connectivity index (χ0v) is 11.8. The van der Waals surface area contributed by atoms with Crippen LogP contribution in [0.3, 0.4) is 0 Å². The molecule has 0 heterocycles. The first-order valence-corrected chi connectivity index (χ1v) is 7.22. The average molecular weight is 307 g/mol. The Balaban J connectivity index is 2.37. The van der Waals surface area contributed by atoms with Crippen molar-refractivity contribution in [1.29, 1.82) is 0 Å². The fraction of sp³-hybridized carbons (Fsp3) is 0.600. The van der Waals surface area contributed by atoms with E-state index in [4.69, 9.17) is 0 Å². The normalized spacial score (nSPS) is 16.9. The van der Waals surface area contributed by atoms with Crippen LogP contribution in [-0.4, -0.2) is 6.54 Å². The van der Waals surface area contributed by atoms with Crippen LogP contribution < -0.4 is 5.32 Å². The summed E-state index contributed by atoms with van der Waals surface area (Å²) in [6.45, 7) is 2.32. The van der Waals surface area contributed by atoms with E-state index < -0.39 is 40.7 Å². The summed E-state index contributed by atoms with van der Waals surface area (Å²) in [5, 5.41) is 2.90. The van der Waals surface area contributed by atoms with Gasteiger partial charge in [-0.1, -0.05) is 26.2 Å². The molecule has 1 aromatic rings. The van der Waals surface area contributed by atoms with Gasteiger partial charge in [0, 0.05) is 11.6 Å². The van der Waals surface area contributed by atoms with Crippen LogP contribution in [0.1, 0.15) is 50.6 Å². The average Bonchev–Trinajstić information content (AvgIpc) is 2.43. The van der Waals surface area contributed by atoms with Gasteiger partial charge in [-0.25, -0.2) is 22.0 Å². The molecule has 0 aliphatic heterocycles. The molecule has 1 atom stereocenters. The number of hydrogen-bond acceptors (Lipinski definition) is 1. The van der Waals surface area contributed by atoms with Gasteiger partial charge in [0.1, 0.15) is 0 Å². The fourth-order valence-corrected chi connectivity index (χ4v) is 2.61. The SMILES string of the molecule is CCCNC(CC1CCC1)c1c(F)c(F)c(F)c(F)c1F. The number of halogens is 5. The van der Waals surface area contributed by atoms with Crippen molar-refractivity contribution in [1.82, 2.24) is 5.32 Å². The molecule has 0 aromatic heterocycles. The van der Waals surface area contributed by atoms with Crippen molar-refractivity contribution in [2.75, 3.05) is 6.54 Å². The van der Waals surface area contributed by atoms with Gasteiger partial charge < -0.3 is 5.32 Å². The highest BCUT2D eigenvalue weighted by Crippen LogP contribution is 2.37. The Hall–Kier alpha value is -1.17. The summed E-state index contributed by atoms with van der Waals surface area (Å²) in [7, 11) is 0. The Morgan fingerprint density at radius 3 is 1.90 bits per heavy atom. The monoisotopic (exact) mass is 307 g/mol. The predicted octanol–water partition coefficient (Wildman–Crippen LogP) is 4.61. The van der Waals surface area contributed by atoms with Crippen LogP contribution in [0.25, 0.3) is 0 Å². The Labute approximate surface area is 120 Å². The summed E-state index contributed by atoms with van der Waals surface area (Å²) in [4.78, 5) is 0. The number of hydrogen-bond donors (Lipinski definition) is 1. The quantitative estimate of drug-likeness (QED) is 0.459. The third-order valence-corrected chi connectivity index (χ3v) is 4.03. The number of benzene rings is 1. The van der Waals surface area contributed by atoms with E-state index in [1.165, 1.54) is 0 Å². The second kappa shape index (κ2) is 6.73. The lowest BCUT2D eigenvalue weighted by Gasteiger charge is -2.31. The second-order valence-electron chi connectivity index (χ2n) is 5.52. The van der Waals surface area contributed by atoms with Gasteiger partial charge in [-0.05, 0) is 25.3 Å². The van der Waals surface area contributed by atoms with Crippen LogP contribution in [-0.2, 0) is 0 Å². The molecule has 0 saturated heterocycles. The molecule has 1 nitrogen and oxygen atoms in total. The lowest BCUT2D eigenvalue weighted by Crippen LogP contribution is -2.29. The minimum Gasteiger partial charge on any atom is -0.310 e. The summed E-state index contributed by atoms with van der Waals surface area (Å²) in [6.07, 6.45) is 4.00. The van der Waals surface area contributed by atoms with Crippen LogP contribution in [0.2, 0.25) is 0 Å². The zero-order chi connectivity index (χ0) is 15.6. The van der Waals surface area contributed by atoms with Gasteiger partial charge in [-0.3, -0.25) is 0 Å². The Kier molecular flexibility index (Phi) is 5.19. The molecule has 21 heavy (non-hydrogen) atoms. The van der Waals surface area contributed by atoms with Gasteiger partial charge in [0.05, 0.1) is 0 Å². The first kappa shape index (κ1) is 16.2. The number of rotatable bonds is 6. The largest absolute Gasteiger partial charge is 0.310 e. The highest BCUT2D eigenvalue weighted by atomic mass is 19.2. The van der Waals surface area contributed by atoms with Crippen LogP contribution >= 0.6 is 0 Å². The highest BCUT2D eigenvalue weighted by Gasteiger charge is 2.32. The molecule has 0 bridgehead atoms. The summed E-state index contributed by atoms with van der Waals surface area (Å²) >= 11 is 0. The molecule has 1 unspecified atom stereocenters. The molecule has 0 radical (unpaired) electrons. The fourth-order valence-electron chi connectivity index (χ4n) is 2.61. The molecule has 1 aromatic carbocycles. The van der Waals surface area contributed by atoms with Crippen molar-refractivity contribution < 1.29 is 22.0 Å². The molecular formula is C15H18F5N. The lowest BCUT2D eigenvalue weighted by molar-refractivity contribution is 0.252. The van der Waals surface area contributed by atoms with E-state index in [2.05, 4.69) is 5.32 Å². The minimum absolute atomic E-state index is 0.273. The molecule has 6 heteroatoms. The molecular weight excluding hydrogens is 289 g/mol. The topological polar surface area (TPSA) is 12.0 Å². The Morgan fingerprint density at radius 2 is 1.48 bits per heavy atom. The second-order valence-corrected chi connectivity index (χ2v) is 5.52. The number of nitrogens with one attached hydrogen (secondary N) is 1. The van der Waals surface area contributed by atoms with Crippen molar-refractivity contribution >= 4 is 0 Å². The van der Waals surface area contributed by atoms with Gasteiger partial charge in [0.25, 0.3) is 0 Å². The minimum atomic E-state index is -2.10. The molecule has 1 saturated carbocycles. The maximum Gasteiger partial charge on any atom is 0.200 e. The van der Waals surface area contributed by atoms with Crippen molar-refractivity contribution in [3.05, 3.63) is 34.6 Å². The van der Waals surface area contributed by atoms with Crippen LogP contribution in [0.4, 0.5) is 22.0 Å². The summed E-state index contributed by atoms with van der Waals surface area (Å²) in [5.74, 6) is -9.03. The van der Waals surface area contributed by atoms with Gasteiger partial charge >= 0.3 is 0 Å². The van der Waals surface area contributed by atoms with Gasteiger partial charge in [-0.2, -0.15) is 0 Å². The molecule has 0 amide bonds. The van der Waals surface area contributed by atoms with Crippen molar-refractivity contribution in [2.24, 2.45) is 5.92 Å². The molecule has 2 rings (SSSR count). The van der Waals surface area contributed by atoms with Gasteiger partial charge in [0.2, 0.25) is 5.82 Å². The first-order valence-electron chi connectivity index (χ1n) is 7.22. The highest BCUT2D eigenvalue weighted by molar-refractivity contribution is 5.27. The molecule has 0 spiro atoms. The van der Waals surface area contributed by atoms with E-state index in [1.807, 2.05) is 6.92 Å². The molecule has 118 valence electrons. The van der Waals surface area contributed by atoms with E-state index in [0.717, 1.165) is 19.3 Å². The maximum atomic E-state index is 13.9. The van der Waals surface area contributed by atoms with Crippen LogP contribution in [0.5, 0.6) is 0 Å². The van der Waals surface area contributed by atoms with E-state index >= 15 is 0 Å². The summed E-state index contributed by atoms with van der Waals surface area (Å²) < 4.78 is 67.5. The first-order chi connectivity index (χ1) is 9.97. The summed E-state index contributed by atoms with van der Waals surface area (Å²) in [6, 6.07) is -0.847. The van der Waals surface area contributed by atoms with E-state index in [0.29, 0.717) is 19.4 Å². The summed E-state index contributed by atoms with van der Waals surface area (Å²) in [5.41, 5.74) is -0.730.